The van der Waals surface area contributed by atoms with Gasteiger partial charge in [-0.15, -0.1) is 0 Å². The quantitative estimate of drug-likeness (QED) is 0.757. The van der Waals surface area contributed by atoms with Crippen LogP contribution in [-0.2, 0) is 20.7 Å². The molecule has 5 heteroatoms. The van der Waals surface area contributed by atoms with Crippen molar-refractivity contribution in [2.45, 2.75) is 38.7 Å². The number of amides is 1. The Kier molecular flexibility index (Phi) is 7.18. The maximum Gasteiger partial charge on any atom is 0.226 e. The van der Waals surface area contributed by atoms with Crippen LogP contribution in [0.2, 0.25) is 0 Å². The van der Waals surface area contributed by atoms with E-state index in [1.165, 1.54) is 0 Å². The van der Waals surface area contributed by atoms with Crippen molar-refractivity contribution in [3.8, 4) is 11.1 Å². The van der Waals surface area contributed by atoms with Gasteiger partial charge in [0.2, 0.25) is 5.91 Å². The van der Waals surface area contributed by atoms with Gasteiger partial charge in [-0.3, -0.25) is 9.78 Å². The number of ether oxygens (including phenoxy) is 2. The van der Waals surface area contributed by atoms with Gasteiger partial charge in [0.25, 0.3) is 0 Å². The highest BCUT2D eigenvalue weighted by Crippen LogP contribution is 2.35. The fourth-order valence-electron chi connectivity index (χ4n) is 3.82. The summed E-state index contributed by atoms with van der Waals surface area (Å²) < 4.78 is 11.0. The lowest BCUT2D eigenvalue weighted by molar-refractivity contribution is -0.137. The fraction of sp³-hybridized carbons (Fsp3) is 0.478. The topological polar surface area (TPSA) is 60.5 Å². The molecule has 150 valence electrons. The lowest BCUT2D eigenvalue weighted by Gasteiger charge is -2.36. The largest absolute Gasteiger partial charge is 0.381 e. The van der Waals surface area contributed by atoms with E-state index in [9.17, 15) is 4.79 Å². The van der Waals surface area contributed by atoms with Gasteiger partial charge in [0.15, 0.2) is 0 Å². The normalized spacial score (nSPS) is 17.1. The molecule has 1 fully saturated rings. The molecule has 1 N–H and O–H groups in total. The molecule has 3 rings (SSSR count). The summed E-state index contributed by atoms with van der Waals surface area (Å²) in [6.45, 7) is 3.85. The molecule has 0 radical (unpaired) electrons. The first kappa shape index (κ1) is 20.5. The second-order valence-corrected chi connectivity index (χ2v) is 7.49. The predicted octanol–water partition coefficient (Wildman–Crippen LogP) is 3.63. The number of carbonyl (C=O) groups excluding carboxylic acids is 1. The van der Waals surface area contributed by atoms with Gasteiger partial charge in [-0.1, -0.05) is 37.3 Å². The molecule has 0 unspecified atom stereocenters. The van der Waals surface area contributed by atoms with Crippen LogP contribution in [0, 0.1) is 5.41 Å². The monoisotopic (exact) mass is 382 g/mol. The molecule has 0 bridgehead atoms. The van der Waals surface area contributed by atoms with E-state index in [1.807, 2.05) is 12.3 Å². The Bertz CT molecular complexity index is 753. The summed E-state index contributed by atoms with van der Waals surface area (Å²) in [6.07, 6.45) is 6.75. The van der Waals surface area contributed by atoms with Crippen LogP contribution in [0.3, 0.4) is 0 Å². The maximum absolute atomic E-state index is 13.2. The second-order valence-electron chi connectivity index (χ2n) is 7.49. The van der Waals surface area contributed by atoms with E-state index in [2.05, 4.69) is 47.6 Å². The zero-order valence-electron chi connectivity index (χ0n) is 16.8. The number of hydrogen-bond donors (Lipinski definition) is 1. The molecule has 0 aliphatic carbocycles. The number of nitrogens with zero attached hydrogens (tertiary/aromatic N) is 1. The van der Waals surface area contributed by atoms with E-state index in [4.69, 9.17) is 9.47 Å². The minimum absolute atomic E-state index is 0.0507. The summed E-state index contributed by atoms with van der Waals surface area (Å²) in [5.41, 5.74) is 2.94. The number of pyridine rings is 1. The maximum atomic E-state index is 13.2. The highest BCUT2D eigenvalue weighted by Gasteiger charge is 2.40. The molecular formula is C23H30N2O3. The molecule has 5 nitrogen and oxygen atoms in total. The van der Waals surface area contributed by atoms with Crippen molar-refractivity contribution in [3.63, 3.8) is 0 Å². The summed E-state index contributed by atoms with van der Waals surface area (Å²) in [5.74, 6) is 0.109. The van der Waals surface area contributed by atoms with Crippen molar-refractivity contribution >= 4 is 5.91 Å². The van der Waals surface area contributed by atoms with Crippen molar-refractivity contribution in [1.82, 2.24) is 10.3 Å². The molecule has 1 aliphatic heterocycles. The van der Waals surface area contributed by atoms with Gasteiger partial charge < -0.3 is 14.8 Å². The third-order valence-electron chi connectivity index (χ3n) is 5.67. The number of hydrogen-bond acceptors (Lipinski definition) is 4. The molecule has 0 saturated carbocycles. The Hall–Kier alpha value is -2.24. The van der Waals surface area contributed by atoms with Gasteiger partial charge in [-0.05, 0) is 48.4 Å². The van der Waals surface area contributed by atoms with Crippen molar-refractivity contribution in [2.24, 2.45) is 5.41 Å². The minimum Gasteiger partial charge on any atom is -0.381 e. The smallest absolute Gasteiger partial charge is 0.226 e. The number of methoxy groups -OCH3 is 1. The highest BCUT2D eigenvalue weighted by atomic mass is 16.5. The van der Waals surface area contributed by atoms with Crippen LogP contribution in [0.5, 0.6) is 0 Å². The molecule has 1 aromatic heterocycles. The number of rotatable bonds is 8. The molecule has 2 heterocycles. The van der Waals surface area contributed by atoms with Crippen LogP contribution in [0.4, 0.5) is 0 Å². The third kappa shape index (κ3) is 4.97. The van der Waals surface area contributed by atoms with E-state index >= 15 is 0 Å². The van der Waals surface area contributed by atoms with Crippen LogP contribution in [0.15, 0.2) is 48.8 Å². The zero-order valence-corrected chi connectivity index (χ0v) is 16.8. The third-order valence-corrected chi connectivity index (χ3v) is 5.67. The van der Waals surface area contributed by atoms with Gasteiger partial charge in [0.05, 0.1) is 11.5 Å². The molecule has 1 atom stereocenters. The van der Waals surface area contributed by atoms with E-state index in [0.717, 1.165) is 36.0 Å². The highest BCUT2D eigenvalue weighted by molar-refractivity contribution is 5.83. The first-order chi connectivity index (χ1) is 13.7. The SMILES string of the molecule is CC[C@@H](CNC(=O)C1(Cc2cccc(-c3cccnc3)c2)CCOCC1)OC. The number of nitrogens with one attached hydrogen (secondary N) is 1. The van der Waals surface area contributed by atoms with Gasteiger partial charge in [0.1, 0.15) is 0 Å². The first-order valence-electron chi connectivity index (χ1n) is 10.0. The van der Waals surface area contributed by atoms with Crippen LogP contribution in [-0.4, -0.2) is 43.9 Å². The van der Waals surface area contributed by atoms with Crippen molar-refractivity contribution in [2.75, 3.05) is 26.9 Å². The Balaban J connectivity index is 1.78. The minimum atomic E-state index is -0.433. The molecule has 28 heavy (non-hydrogen) atoms. The van der Waals surface area contributed by atoms with E-state index < -0.39 is 5.41 Å². The lowest BCUT2D eigenvalue weighted by Crippen LogP contribution is -2.48. The number of aromatic nitrogens is 1. The second kappa shape index (κ2) is 9.80. The molecular weight excluding hydrogens is 352 g/mol. The molecule has 1 amide bonds. The fourth-order valence-corrected chi connectivity index (χ4v) is 3.82. The summed E-state index contributed by atoms with van der Waals surface area (Å²) >= 11 is 0. The van der Waals surface area contributed by atoms with E-state index in [-0.39, 0.29) is 12.0 Å². The number of benzene rings is 1. The number of carbonyl (C=O) groups is 1. The average molecular weight is 383 g/mol. The first-order valence-corrected chi connectivity index (χ1v) is 10.0. The molecule has 1 aliphatic rings. The molecule has 1 aromatic carbocycles. The Morgan fingerprint density at radius 2 is 2.04 bits per heavy atom. The van der Waals surface area contributed by atoms with Crippen LogP contribution >= 0.6 is 0 Å². The van der Waals surface area contributed by atoms with Crippen LogP contribution in [0.25, 0.3) is 11.1 Å². The summed E-state index contributed by atoms with van der Waals surface area (Å²) in [4.78, 5) is 17.4. The van der Waals surface area contributed by atoms with E-state index in [1.54, 1.807) is 13.3 Å². The van der Waals surface area contributed by atoms with Crippen molar-refractivity contribution in [3.05, 3.63) is 54.4 Å². The van der Waals surface area contributed by atoms with Gasteiger partial charge in [0, 0.05) is 39.3 Å². The summed E-state index contributed by atoms with van der Waals surface area (Å²) in [5, 5.41) is 3.13. The molecule has 0 spiro atoms. The zero-order chi connectivity index (χ0) is 19.8. The molecule has 2 aromatic rings. The Morgan fingerprint density at radius 1 is 1.25 bits per heavy atom. The summed E-state index contributed by atoms with van der Waals surface area (Å²) in [6, 6.07) is 12.4. The Morgan fingerprint density at radius 3 is 2.71 bits per heavy atom. The van der Waals surface area contributed by atoms with Crippen molar-refractivity contribution in [1.29, 1.82) is 0 Å². The Labute approximate surface area is 167 Å². The van der Waals surface area contributed by atoms with Gasteiger partial charge in [-0.2, -0.15) is 0 Å². The van der Waals surface area contributed by atoms with E-state index in [0.29, 0.717) is 26.2 Å². The molecule has 1 saturated heterocycles. The summed E-state index contributed by atoms with van der Waals surface area (Å²) in [7, 11) is 1.69. The lowest BCUT2D eigenvalue weighted by atomic mass is 9.74. The van der Waals surface area contributed by atoms with Crippen LogP contribution in [0.1, 0.15) is 31.7 Å². The standard InChI is InChI=1S/C23H30N2O3/c1-3-21(27-2)17-25-22(26)23(9-12-28-13-10-23)15-18-6-4-7-19(14-18)20-8-5-11-24-16-20/h4-8,11,14,16,21H,3,9-10,12-13,15,17H2,1-2H3,(H,25,26)/t21-/m0/s1. The average Bonchev–Trinajstić information content (AvgIpc) is 2.76. The van der Waals surface area contributed by atoms with Gasteiger partial charge >= 0.3 is 0 Å². The van der Waals surface area contributed by atoms with Crippen LogP contribution < -0.4 is 5.32 Å². The van der Waals surface area contributed by atoms with Crippen molar-refractivity contribution < 1.29 is 14.3 Å². The predicted molar refractivity (Wildman–Crippen MR) is 110 cm³/mol. The van der Waals surface area contributed by atoms with Gasteiger partial charge in [-0.25, -0.2) is 0 Å².